The van der Waals surface area contributed by atoms with E-state index in [1.165, 1.54) is 12.0 Å². The summed E-state index contributed by atoms with van der Waals surface area (Å²) in [4.78, 5) is 12.3. The van der Waals surface area contributed by atoms with Crippen molar-refractivity contribution in [3.8, 4) is 0 Å². The Bertz CT molecular complexity index is 215. The van der Waals surface area contributed by atoms with Gasteiger partial charge in [0, 0.05) is 13.1 Å². The molecule has 3 nitrogen and oxygen atoms in total. The lowest BCUT2D eigenvalue weighted by Crippen LogP contribution is -2.64. The highest BCUT2D eigenvalue weighted by Gasteiger charge is 2.54. The Kier molecular flexibility index (Phi) is 2.97. The van der Waals surface area contributed by atoms with Gasteiger partial charge in [0.15, 0.2) is 0 Å². The van der Waals surface area contributed by atoms with E-state index in [2.05, 4.69) is 4.74 Å². The van der Waals surface area contributed by atoms with Crippen LogP contribution in [0.5, 0.6) is 0 Å². The van der Waals surface area contributed by atoms with Crippen molar-refractivity contribution in [3.63, 3.8) is 0 Å². The Morgan fingerprint density at radius 3 is 2.21 bits per heavy atom. The van der Waals surface area contributed by atoms with Gasteiger partial charge in [-0.2, -0.15) is 0 Å². The van der Waals surface area contributed by atoms with Crippen molar-refractivity contribution < 1.29 is 18.3 Å². The quantitative estimate of drug-likeness (QED) is 0.692. The minimum absolute atomic E-state index is 0.0923. The maximum Gasteiger partial charge on any atom is 0.409 e. The van der Waals surface area contributed by atoms with Gasteiger partial charge >= 0.3 is 6.09 Å². The number of methoxy groups -OCH3 is 1. The number of hydrogen-bond acceptors (Lipinski definition) is 2. The molecule has 0 bridgehead atoms. The van der Waals surface area contributed by atoms with Crippen LogP contribution in [0.2, 0.25) is 0 Å². The summed E-state index contributed by atoms with van der Waals surface area (Å²) in [7, 11) is 1.25. The van der Waals surface area contributed by atoms with Crippen molar-refractivity contribution in [2.45, 2.75) is 20.3 Å². The molecule has 0 aromatic rings. The van der Waals surface area contributed by atoms with Gasteiger partial charge in [-0.3, -0.25) is 0 Å². The van der Waals surface area contributed by atoms with Gasteiger partial charge in [-0.25, -0.2) is 13.6 Å². The van der Waals surface area contributed by atoms with Gasteiger partial charge in [-0.1, -0.05) is 13.8 Å². The average molecular weight is 207 g/mol. The van der Waals surface area contributed by atoms with Crippen LogP contribution in [-0.4, -0.2) is 37.6 Å². The van der Waals surface area contributed by atoms with Gasteiger partial charge in [0.25, 0.3) is 0 Å². The summed E-state index contributed by atoms with van der Waals surface area (Å²) in [5.41, 5.74) is -1.03. The minimum atomic E-state index is -2.39. The summed E-state index contributed by atoms with van der Waals surface area (Å²) in [6.45, 7) is 3.69. The van der Waals surface area contributed by atoms with E-state index in [9.17, 15) is 13.6 Å². The molecule has 0 radical (unpaired) electrons. The van der Waals surface area contributed by atoms with Crippen LogP contribution >= 0.6 is 0 Å². The van der Waals surface area contributed by atoms with Crippen LogP contribution in [0.1, 0.15) is 13.8 Å². The SMILES string of the molecule is COC(=O)N1CC(C(C)C)(C(F)F)C1. The Labute approximate surface area is 82.0 Å². The molecule has 82 valence electrons. The lowest BCUT2D eigenvalue weighted by atomic mass is 9.71. The molecule has 0 aromatic heterocycles. The molecule has 1 amide bonds. The Morgan fingerprint density at radius 2 is 1.93 bits per heavy atom. The summed E-state index contributed by atoms with van der Waals surface area (Å²) in [6.07, 6.45) is -2.91. The Hall–Kier alpha value is -0.870. The van der Waals surface area contributed by atoms with E-state index in [1.807, 2.05) is 0 Å². The molecule has 0 spiro atoms. The van der Waals surface area contributed by atoms with E-state index < -0.39 is 17.9 Å². The van der Waals surface area contributed by atoms with Gasteiger partial charge in [-0.05, 0) is 5.92 Å². The van der Waals surface area contributed by atoms with E-state index >= 15 is 0 Å². The molecule has 0 saturated carbocycles. The van der Waals surface area contributed by atoms with Crippen molar-refractivity contribution >= 4 is 6.09 Å². The molecule has 1 heterocycles. The molecule has 0 unspecified atom stereocenters. The first-order valence-corrected chi connectivity index (χ1v) is 4.55. The lowest BCUT2D eigenvalue weighted by Gasteiger charge is -2.51. The molecular weight excluding hydrogens is 192 g/mol. The third-order valence-electron chi connectivity index (χ3n) is 2.99. The number of amides is 1. The fraction of sp³-hybridized carbons (Fsp3) is 0.889. The van der Waals surface area contributed by atoms with E-state index in [1.54, 1.807) is 13.8 Å². The molecule has 1 aliphatic rings. The van der Waals surface area contributed by atoms with Crippen LogP contribution in [0.3, 0.4) is 0 Å². The normalized spacial score (nSPS) is 19.8. The second-order valence-electron chi connectivity index (χ2n) is 4.01. The number of rotatable bonds is 2. The highest BCUT2D eigenvalue weighted by Crippen LogP contribution is 2.43. The number of halogens is 2. The molecule has 0 aromatic carbocycles. The van der Waals surface area contributed by atoms with Crippen LogP contribution in [0.4, 0.5) is 13.6 Å². The molecule has 14 heavy (non-hydrogen) atoms. The van der Waals surface area contributed by atoms with E-state index in [-0.39, 0.29) is 19.0 Å². The molecule has 5 heteroatoms. The fourth-order valence-corrected chi connectivity index (χ4v) is 1.68. The summed E-state index contributed by atoms with van der Waals surface area (Å²) in [5.74, 6) is -0.136. The average Bonchev–Trinajstić information content (AvgIpc) is 2.00. The molecule has 1 rings (SSSR count). The molecule has 1 aliphatic heterocycles. The Balaban J connectivity index is 2.60. The zero-order valence-electron chi connectivity index (χ0n) is 8.59. The lowest BCUT2D eigenvalue weighted by molar-refractivity contribution is -0.128. The maximum absolute atomic E-state index is 12.7. The smallest absolute Gasteiger partial charge is 0.409 e. The van der Waals surface area contributed by atoms with Crippen molar-refractivity contribution in [1.29, 1.82) is 0 Å². The zero-order valence-corrected chi connectivity index (χ0v) is 8.59. The molecule has 0 aliphatic carbocycles. The number of likely N-dealkylation sites (tertiary alicyclic amines) is 1. The van der Waals surface area contributed by atoms with Gasteiger partial charge in [0.2, 0.25) is 6.43 Å². The number of ether oxygens (including phenoxy) is 1. The van der Waals surface area contributed by atoms with Crippen LogP contribution in [-0.2, 0) is 4.74 Å². The number of alkyl halides is 2. The maximum atomic E-state index is 12.7. The van der Waals surface area contributed by atoms with E-state index in [0.29, 0.717) is 0 Å². The fourth-order valence-electron chi connectivity index (χ4n) is 1.68. The van der Waals surface area contributed by atoms with Crippen LogP contribution in [0.15, 0.2) is 0 Å². The molecule has 0 atom stereocenters. The molecular formula is C9H15F2NO2. The zero-order chi connectivity index (χ0) is 10.9. The third-order valence-corrected chi connectivity index (χ3v) is 2.99. The largest absolute Gasteiger partial charge is 0.453 e. The van der Waals surface area contributed by atoms with Gasteiger partial charge in [0.1, 0.15) is 0 Å². The summed E-state index contributed by atoms with van der Waals surface area (Å²) in [6, 6.07) is 0. The molecule has 1 saturated heterocycles. The predicted molar refractivity (Wildman–Crippen MR) is 47.3 cm³/mol. The second kappa shape index (κ2) is 3.71. The summed E-state index contributed by atoms with van der Waals surface area (Å²) in [5, 5.41) is 0. The first kappa shape index (κ1) is 11.2. The van der Waals surface area contributed by atoms with Crippen LogP contribution in [0, 0.1) is 11.3 Å². The number of hydrogen-bond donors (Lipinski definition) is 0. The summed E-state index contributed by atoms with van der Waals surface area (Å²) < 4.78 is 29.9. The first-order chi connectivity index (χ1) is 6.44. The highest BCUT2D eigenvalue weighted by molar-refractivity contribution is 5.68. The first-order valence-electron chi connectivity index (χ1n) is 4.55. The Morgan fingerprint density at radius 1 is 1.43 bits per heavy atom. The van der Waals surface area contributed by atoms with Crippen molar-refractivity contribution in [3.05, 3.63) is 0 Å². The van der Waals surface area contributed by atoms with Gasteiger partial charge < -0.3 is 9.64 Å². The standard InChI is InChI=1S/C9H15F2NO2/c1-6(2)9(7(10)11)4-12(5-9)8(13)14-3/h6-7H,4-5H2,1-3H3. The molecule has 1 fully saturated rings. The number of carbonyl (C=O) groups excluding carboxylic acids is 1. The van der Waals surface area contributed by atoms with E-state index in [4.69, 9.17) is 0 Å². The van der Waals surface area contributed by atoms with Crippen molar-refractivity contribution in [2.24, 2.45) is 11.3 Å². The molecule has 0 N–H and O–H groups in total. The third kappa shape index (κ3) is 1.55. The van der Waals surface area contributed by atoms with E-state index in [0.717, 1.165) is 0 Å². The monoisotopic (exact) mass is 207 g/mol. The number of nitrogens with zero attached hydrogens (tertiary/aromatic N) is 1. The minimum Gasteiger partial charge on any atom is -0.453 e. The number of carbonyl (C=O) groups is 1. The summed E-state index contributed by atoms with van der Waals surface area (Å²) >= 11 is 0. The van der Waals surface area contributed by atoms with Crippen LogP contribution < -0.4 is 0 Å². The van der Waals surface area contributed by atoms with Gasteiger partial charge in [0.05, 0.1) is 12.5 Å². The van der Waals surface area contributed by atoms with Crippen molar-refractivity contribution in [2.75, 3.05) is 20.2 Å². The van der Waals surface area contributed by atoms with Crippen molar-refractivity contribution in [1.82, 2.24) is 4.90 Å². The van der Waals surface area contributed by atoms with Gasteiger partial charge in [-0.15, -0.1) is 0 Å². The second-order valence-corrected chi connectivity index (χ2v) is 4.01. The van der Waals surface area contributed by atoms with Crippen LogP contribution in [0.25, 0.3) is 0 Å². The predicted octanol–water partition coefficient (Wildman–Crippen LogP) is 1.98. The highest BCUT2D eigenvalue weighted by atomic mass is 19.3. The topological polar surface area (TPSA) is 29.5 Å².